The van der Waals surface area contributed by atoms with Crippen molar-refractivity contribution in [2.45, 2.75) is 6.54 Å². The number of para-hydroxylation sites is 1. The van der Waals surface area contributed by atoms with E-state index in [-0.39, 0.29) is 29.2 Å². The second kappa shape index (κ2) is 7.48. The lowest BCUT2D eigenvalue weighted by atomic mass is 10.1. The molecule has 0 bridgehead atoms. The van der Waals surface area contributed by atoms with Gasteiger partial charge in [0.25, 0.3) is 5.91 Å². The number of anilines is 1. The average molecular weight is 380 g/mol. The van der Waals surface area contributed by atoms with Crippen molar-refractivity contribution in [1.82, 2.24) is 5.16 Å². The van der Waals surface area contributed by atoms with Gasteiger partial charge in [0, 0.05) is 6.07 Å². The van der Waals surface area contributed by atoms with E-state index in [2.05, 4.69) is 5.16 Å². The Balaban J connectivity index is 1.70. The first kappa shape index (κ1) is 17.7. The molecule has 4 rings (SSSR count). The van der Waals surface area contributed by atoms with Gasteiger partial charge in [-0.1, -0.05) is 29.4 Å². The minimum absolute atomic E-state index is 0.00530. The number of nitrogens with zero attached hydrogens (tertiary/aromatic N) is 2. The number of hydrogen-bond donors (Lipinski definition) is 0. The normalized spacial score (nSPS) is 10.8. The molecule has 0 aliphatic carbocycles. The summed E-state index contributed by atoms with van der Waals surface area (Å²) >= 11 is 0. The largest absolute Gasteiger partial charge is 0.467 e. The van der Waals surface area contributed by atoms with Gasteiger partial charge in [-0.05, 0) is 36.4 Å². The standard InChI is InChI=1S/C21H14F2N2O3/c22-16-8-2-1-7-15(16)20-12-18(24-28-20)21(26)25(13-14-6-5-11-27-14)19-10-4-3-9-17(19)23/h1-12H,13H2. The Kier molecular flexibility index (Phi) is 4.72. The van der Waals surface area contributed by atoms with Crippen LogP contribution in [0.5, 0.6) is 0 Å². The molecule has 4 aromatic rings. The van der Waals surface area contributed by atoms with Crippen LogP contribution in [0.25, 0.3) is 11.3 Å². The Morgan fingerprint density at radius 2 is 1.71 bits per heavy atom. The summed E-state index contributed by atoms with van der Waals surface area (Å²) in [7, 11) is 0. The zero-order chi connectivity index (χ0) is 19.5. The van der Waals surface area contributed by atoms with Crippen molar-refractivity contribution in [3.05, 3.63) is 96.1 Å². The summed E-state index contributed by atoms with van der Waals surface area (Å²) in [5.41, 5.74) is 0.171. The van der Waals surface area contributed by atoms with Gasteiger partial charge in [-0.15, -0.1) is 0 Å². The van der Waals surface area contributed by atoms with Gasteiger partial charge in [-0.3, -0.25) is 9.69 Å². The van der Waals surface area contributed by atoms with Gasteiger partial charge in [-0.2, -0.15) is 0 Å². The van der Waals surface area contributed by atoms with Gasteiger partial charge >= 0.3 is 0 Å². The first-order valence-corrected chi connectivity index (χ1v) is 8.44. The van der Waals surface area contributed by atoms with Crippen molar-refractivity contribution in [3.63, 3.8) is 0 Å². The van der Waals surface area contributed by atoms with Crippen LogP contribution in [0.4, 0.5) is 14.5 Å². The Morgan fingerprint density at radius 1 is 0.964 bits per heavy atom. The maximum Gasteiger partial charge on any atom is 0.280 e. The lowest BCUT2D eigenvalue weighted by Crippen LogP contribution is -2.31. The van der Waals surface area contributed by atoms with Crippen LogP contribution >= 0.6 is 0 Å². The predicted molar refractivity (Wildman–Crippen MR) is 97.5 cm³/mol. The third-order valence-electron chi connectivity index (χ3n) is 4.15. The highest BCUT2D eigenvalue weighted by Gasteiger charge is 2.25. The smallest absolute Gasteiger partial charge is 0.280 e. The van der Waals surface area contributed by atoms with E-state index in [0.717, 1.165) is 0 Å². The number of benzene rings is 2. The molecule has 28 heavy (non-hydrogen) atoms. The number of carbonyl (C=O) groups is 1. The van der Waals surface area contributed by atoms with Crippen LogP contribution in [0.2, 0.25) is 0 Å². The SMILES string of the molecule is O=C(c1cc(-c2ccccc2F)on1)N(Cc1ccco1)c1ccccc1F. The molecule has 140 valence electrons. The van der Waals surface area contributed by atoms with Gasteiger partial charge in [0.15, 0.2) is 11.5 Å². The van der Waals surface area contributed by atoms with E-state index in [9.17, 15) is 13.6 Å². The van der Waals surface area contributed by atoms with Gasteiger partial charge < -0.3 is 8.94 Å². The lowest BCUT2D eigenvalue weighted by molar-refractivity contribution is 0.0973. The average Bonchev–Trinajstić information content (AvgIpc) is 3.39. The fraction of sp³-hybridized carbons (Fsp3) is 0.0476. The highest BCUT2D eigenvalue weighted by Crippen LogP contribution is 2.27. The van der Waals surface area contributed by atoms with Crippen LogP contribution in [0.15, 0.2) is 81.9 Å². The van der Waals surface area contributed by atoms with E-state index in [4.69, 9.17) is 8.94 Å². The van der Waals surface area contributed by atoms with Gasteiger partial charge in [0.05, 0.1) is 24.1 Å². The Labute approximate surface area is 158 Å². The van der Waals surface area contributed by atoms with Gasteiger partial charge in [0.1, 0.15) is 17.4 Å². The van der Waals surface area contributed by atoms with Crippen LogP contribution < -0.4 is 4.90 Å². The van der Waals surface area contributed by atoms with Crippen LogP contribution in [-0.4, -0.2) is 11.1 Å². The minimum atomic E-state index is -0.604. The summed E-state index contributed by atoms with van der Waals surface area (Å²) in [5.74, 6) is -1.10. The molecule has 0 unspecified atom stereocenters. The Bertz CT molecular complexity index is 1110. The van der Waals surface area contributed by atoms with E-state index in [0.29, 0.717) is 5.76 Å². The number of amides is 1. The number of carbonyl (C=O) groups excluding carboxylic acids is 1. The number of hydrogen-bond acceptors (Lipinski definition) is 4. The van der Waals surface area contributed by atoms with Gasteiger partial charge in [0.2, 0.25) is 0 Å². The van der Waals surface area contributed by atoms with Crippen molar-refractivity contribution >= 4 is 11.6 Å². The van der Waals surface area contributed by atoms with Crippen LogP contribution in [0, 0.1) is 11.6 Å². The maximum absolute atomic E-state index is 14.3. The molecule has 7 heteroatoms. The molecule has 0 saturated heterocycles. The molecule has 0 atom stereocenters. The molecule has 0 N–H and O–H groups in total. The molecular formula is C21H14F2N2O3. The maximum atomic E-state index is 14.3. The highest BCUT2D eigenvalue weighted by molar-refractivity contribution is 6.05. The number of furan rings is 1. The fourth-order valence-electron chi connectivity index (χ4n) is 2.80. The molecule has 2 aromatic heterocycles. The van der Waals surface area contributed by atoms with Crippen LogP contribution in [-0.2, 0) is 6.54 Å². The molecule has 0 saturated carbocycles. The minimum Gasteiger partial charge on any atom is -0.467 e. The molecular weight excluding hydrogens is 366 g/mol. The summed E-state index contributed by atoms with van der Waals surface area (Å²) in [6, 6.07) is 16.5. The van der Waals surface area contributed by atoms with E-state index >= 15 is 0 Å². The number of aromatic nitrogens is 1. The monoisotopic (exact) mass is 380 g/mol. The molecule has 0 aliphatic heterocycles. The van der Waals surface area contributed by atoms with Crippen molar-refractivity contribution in [1.29, 1.82) is 0 Å². The first-order chi connectivity index (χ1) is 13.6. The van der Waals surface area contributed by atoms with E-state index in [1.54, 1.807) is 30.3 Å². The van der Waals surface area contributed by atoms with Crippen molar-refractivity contribution in [2.24, 2.45) is 0 Å². The van der Waals surface area contributed by atoms with Crippen molar-refractivity contribution < 1.29 is 22.5 Å². The molecule has 0 spiro atoms. The lowest BCUT2D eigenvalue weighted by Gasteiger charge is -2.21. The topological polar surface area (TPSA) is 59.5 Å². The summed E-state index contributed by atoms with van der Waals surface area (Å²) < 4.78 is 38.8. The zero-order valence-electron chi connectivity index (χ0n) is 14.5. The highest BCUT2D eigenvalue weighted by atomic mass is 19.1. The van der Waals surface area contributed by atoms with Crippen molar-refractivity contribution in [3.8, 4) is 11.3 Å². The summed E-state index contributed by atoms with van der Waals surface area (Å²) in [6.45, 7) is -0.00530. The second-order valence-corrected chi connectivity index (χ2v) is 5.98. The first-order valence-electron chi connectivity index (χ1n) is 8.44. The number of halogens is 2. The van der Waals surface area contributed by atoms with E-state index < -0.39 is 17.5 Å². The molecule has 0 radical (unpaired) electrons. The third kappa shape index (κ3) is 3.42. The molecule has 2 heterocycles. The summed E-state index contributed by atoms with van der Waals surface area (Å²) in [6.07, 6.45) is 1.46. The molecule has 5 nitrogen and oxygen atoms in total. The molecule has 0 fully saturated rings. The second-order valence-electron chi connectivity index (χ2n) is 5.98. The fourth-order valence-corrected chi connectivity index (χ4v) is 2.80. The van der Waals surface area contributed by atoms with Gasteiger partial charge in [-0.25, -0.2) is 8.78 Å². The van der Waals surface area contributed by atoms with E-state index in [1.807, 2.05) is 0 Å². The summed E-state index contributed by atoms with van der Waals surface area (Å²) in [4.78, 5) is 14.2. The number of rotatable bonds is 5. The predicted octanol–water partition coefficient (Wildman–Crippen LogP) is 5.06. The Hall–Kier alpha value is -3.74. The Morgan fingerprint density at radius 3 is 2.43 bits per heavy atom. The van der Waals surface area contributed by atoms with Crippen LogP contribution in [0.1, 0.15) is 16.2 Å². The zero-order valence-corrected chi connectivity index (χ0v) is 14.5. The summed E-state index contributed by atoms with van der Waals surface area (Å²) in [5, 5.41) is 3.75. The van der Waals surface area contributed by atoms with Crippen LogP contribution in [0.3, 0.4) is 0 Å². The quantitative estimate of drug-likeness (QED) is 0.486. The molecule has 0 aliphatic rings. The van der Waals surface area contributed by atoms with E-state index in [1.165, 1.54) is 47.6 Å². The molecule has 1 amide bonds. The molecule has 2 aromatic carbocycles. The third-order valence-corrected chi connectivity index (χ3v) is 4.15. The van der Waals surface area contributed by atoms with Crippen molar-refractivity contribution in [2.75, 3.05) is 4.90 Å².